The highest BCUT2D eigenvalue weighted by Gasteiger charge is 2.27. The lowest BCUT2D eigenvalue weighted by atomic mass is 10.2. The van der Waals surface area contributed by atoms with Crippen molar-refractivity contribution in [2.45, 2.75) is 57.6 Å². The van der Waals surface area contributed by atoms with E-state index in [4.69, 9.17) is 4.74 Å². The van der Waals surface area contributed by atoms with Gasteiger partial charge in [0.2, 0.25) is 10.0 Å². The summed E-state index contributed by atoms with van der Waals surface area (Å²) in [6.07, 6.45) is 5.46. The number of sulfonamides is 1. The number of anilines is 1. The molecule has 0 heterocycles. The first-order chi connectivity index (χ1) is 11.8. The molecule has 0 radical (unpaired) electrons. The largest absolute Gasteiger partial charge is 0.493 e. The van der Waals surface area contributed by atoms with E-state index in [9.17, 15) is 8.42 Å². The van der Waals surface area contributed by atoms with Crippen LogP contribution in [0.15, 0.2) is 24.3 Å². The zero-order valence-corrected chi connectivity index (χ0v) is 16.5. The summed E-state index contributed by atoms with van der Waals surface area (Å²) in [6, 6.07) is 8.09. The van der Waals surface area contributed by atoms with Crippen LogP contribution in [-0.2, 0) is 10.0 Å². The van der Waals surface area contributed by atoms with Gasteiger partial charge in [-0.2, -0.15) is 0 Å². The van der Waals surface area contributed by atoms with Gasteiger partial charge in [-0.1, -0.05) is 6.42 Å². The van der Waals surface area contributed by atoms with Gasteiger partial charge in [-0.05, 0) is 76.6 Å². The maximum Gasteiger partial charge on any atom is 0.216 e. The number of ether oxygens (including phenoxy) is 1. The van der Waals surface area contributed by atoms with Crippen molar-refractivity contribution in [1.29, 1.82) is 0 Å². The molecule has 2 N–H and O–H groups in total. The Bertz CT molecular complexity index is 617. The lowest BCUT2D eigenvalue weighted by Crippen LogP contribution is -2.39. The van der Waals surface area contributed by atoms with Crippen LogP contribution in [-0.4, -0.2) is 32.9 Å². The second-order valence-electron chi connectivity index (χ2n) is 7.78. The highest BCUT2D eigenvalue weighted by Crippen LogP contribution is 2.29. The van der Waals surface area contributed by atoms with Crippen LogP contribution < -0.4 is 14.8 Å². The number of unbranched alkanes of at least 4 members (excludes halogenated alkanes) is 2. The van der Waals surface area contributed by atoms with Gasteiger partial charge in [0.05, 0.1) is 11.4 Å². The van der Waals surface area contributed by atoms with Crippen LogP contribution in [0.25, 0.3) is 0 Å². The summed E-state index contributed by atoms with van der Waals surface area (Å²) in [5.74, 6) is 1.70. The van der Waals surface area contributed by atoms with Gasteiger partial charge in [0.25, 0.3) is 0 Å². The molecule has 1 aliphatic rings. The minimum atomic E-state index is -3.22. The van der Waals surface area contributed by atoms with Crippen molar-refractivity contribution in [2.75, 3.05) is 25.0 Å². The van der Waals surface area contributed by atoms with Crippen molar-refractivity contribution in [1.82, 2.24) is 4.72 Å². The zero-order chi connectivity index (χ0) is 18.3. The molecule has 0 bridgehead atoms. The normalized spacial score (nSPS) is 15.2. The Balaban J connectivity index is 1.54. The molecule has 1 fully saturated rings. The fourth-order valence-electron chi connectivity index (χ4n) is 2.25. The summed E-state index contributed by atoms with van der Waals surface area (Å²) in [5, 5.41) is 3.39. The Morgan fingerprint density at radius 2 is 1.68 bits per heavy atom. The predicted molar refractivity (Wildman–Crippen MR) is 104 cm³/mol. The van der Waals surface area contributed by atoms with Crippen molar-refractivity contribution in [2.24, 2.45) is 5.92 Å². The van der Waals surface area contributed by atoms with E-state index >= 15 is 0 Å². The fraction of sp³-hybridized carbons (Fsp3) is 0.684. The van der Waals surface area contributed by atoms with Crippen molar-refractivity contribution in [3.63, 3.8) is 0 Å². The maximum atomic E-state index is 11.9. The number of benzene rings is 1. The average Bonchev–Trinajstić information content (AvgIpc) is 3.36. The Morgan fingerprint density at radius 3 is 2.28 bits per heavy atom. The maximum absolute atomic E-state index is 11.9. The third-order valence-corrected chi connectivity index (χ3v) is 6.51. The SMILES string of the molecule is CC(C)(C)S(=O)(=O)NCCCCCNc1ccc(OCC2CC2)cc1. The molecule has 0 atom stereocenters. The molecule has 2 rings (SSSR count). The van der Waals surface area contributed by atoms with E-state index in [-0.39, 0.29) is 0 Å². The fourth-order valence-corrected chi connectivity index (χ4v) is 3.10. The minimum absolute atomic E-state index is 0.507. The first kappa shape index (κ1) is 20.0. The monoisotopic (exact) mass is 368 g/mol. The smallest absolute Gasteiger partial charge is 0.216 e. The molecule has 0 saturated heterocycles. The lowest BCUT2D eigenvalue weighted by molar-refractivity contribution is 0.300. The number of nitrogens with one attached hydrogen (secondary N) is 2. The van der Waals surface area contributed by atoms with Crippen LogP contribution in [0.5, 0.6) is 5.75 Å². The molecular weight excluding hydrogens is 336 g/mol. The van der Waals surface area contributed by atoms with Gasteiger partial charge in [-0.15, -0.1) is 0 Å². The molecular formula is C19H32N2O3S. The van der Waals surface area contributed by atoms with Gasteiger partial charge in [0.15, 0.2) is 0 Å². The van der Waals surface area contributed by atoms with E-state index < -0.39 is 14.8 Å². The topological polar surface area (TPSA) is 67.4 Å². The van der Waals surface area contributed by atoms with Gasteiger partial charge >= 0.3 is 0 Å². The molecule has 0 amide bonds. The molecule has 5 nitrogen and oxygen atoms in total. The van der Waals surface area contributed by atoms with Gasteiger partial charge in [0, 0.05) is 18.8 Å². The highest BCUT2D eigenvalue weighted by atomic mass is 32.2. The Morgan fingerprint density at radius 1 is 1.04 bits per heavy atom. The van der Waals surface area contributed by atoms with E-state index in [1.165, 1.54) is 12.8 Å². The quantitative estimate of drug-likeness (QED) is 0.583. The highest BCUT2D eigenvalue weighted by molar-refractivity contribution is 7.90. The van der Waals surface area contributed by atoms with Gasteiger partial charge in [0.1, 0.15) is 5.75 Å². The predicted octanol–water partition coefficient (Wildman–Crippen LogP) is 3.78. The summed E-state index contributed by atoms with van der Waals surface area (Å²) < 4.78 is 31.5. The van der Waals surface area contributed by atoms with Crippen molar-refractivity contribution in [3.8, 4) is 5.75 Å². The van der Waals surface area contributed by atoms with Gasteiger partial charge < -0.3 is 10.1 Å². The number of hydrogen-bond acceptors (Lipinski definition) is 4. The molecule has 0 aliphatic heterocycles. The zero-order valence-electron chi connectivity index (χ0n) is 15.7. The molecule has 0 unspecified atom stereocenters. The van der Waals surface area contributed by atoms with Gasteiger partial charge in [-0.25, -0.2) is 13.1 Å². The molecule has 142 valence electrons. The summed E-state index contributed by atoms with van der Waals surface area (Å²) in [4.78, 5) is 0. The van der Waals surface area contributed by atoms with Crippen molar-refractivity contribution < 1.29 is 13.2 Å². The van der Waals surface area contributed by atoms with E-state index in [0.717, 1.165) is 49.8 Å². The van der Waals surface area contributed by atoms with E-state index in [1.807, 2.05) is 24.3 Å². The third kappa shape index (κ3) is 7.24. The molecule has 1 aromatic rings. The lowest BCUT2D eigenvalue weighted by Gasteiger charge is -2.19. The Labute approximate surface area is 152 Å². The van der Waals surface area contributed by atoms with E-state index in [2.05, 4.69) is 10.0 Å². The molecule has 0 aromatic heterocycles. The van der Waals surface area contributed by atoms with Crippen LogP contribution in [0.4, 0.5) is 5.69 Å². The molecule has 1 saturated carbocycles. The standard InChI is InChI=1S/C19H32N2O3S/c1-19(2,3)25(22,23)21-14-6-4-5-13-20-17-9-11-18(12-10-17)24-15-16-7-8-16/h9-12,16,20-21H,4-8,13-15H2,1-3H3. The number of rotatable bonds is 11. The summed E-state index contributed by atoms with van der Waals surface area (Å²) in [7, 11) is -3.22. The number of hydrogen-bond donors (Lipinski definition) is 2. The minimum Gasteiger partial charge on any atom is -0.493 e. The van der Waals surface area contributed by atoms with E-state index in [1.54, 1.807) is 20.8 Å². The molecule has 6 heteroatoms. The van der Waals surface area contributed by atoms with Gasteiger partial charge in [-0.3, -0.25) is 0 Å². The van der Waals surface area contributed by atoms with Crippen LogP contribution in [0.3, 0.4) is 0 Å². The first-order valence-electron chi connectivity index (χ1n) is 9.24. The molecule has 0 spiro atoms. The van der Waals surface area contributed by atoms with Crippen LogP contribution in [0, 0.1) is 5.92 Å². The third-order valence-electron chi connectivity index (χ3n) is 4.32. The second kappa shape index (κ2) is 8.90. The van der Waals surface area contributed by atoms with E-state index in [0.29, 0.717) is 6.54 Å². The first-order valence-corrected chi connectivity index (χ1v) is 10.7. The summed E-state index contributed by atoms with van der Waals surface area (Å²) in [6.45, 7) is 7.36. The van der Waals surface area contributed by atoms with Crippen molar-refractivity contribution >= 4 is 15.7 Å². The molecule has 1 aromatic carbocycles. The van der Waals surface area contributed by atoms with Crippen LogP contribution >= 0.6 is 0 Å². The second-order valence-corrected chi connectivity index (χ2v) is 10.3. The van der Waals surface area contributed by atoms with Crippen LogP contribution in [0.1, 0.15) is 52.9 Å². The average molecular weight is 369 g/mol. The Kier molecular flexibility index (Phi) is 7.14. The summed E-state index contributed by atoms with van der Waals surface area (Å²) in [5.41, 5.74) is 1.09. The van der Waals surface area contributed by atoms with Crippen LogP contribution in [0.2, 0.25) is 0 Å². The summed E-state index contributed by atoms with van der Waals surface area (Å²) >= 11 is 0. The molecule has 1 aliphatic carbocycles. The molecule has 25 heavy (non-hydrogen) atoms. The van der Waals surface area contributed by atoms with Crippen molar-refractivity contribution in [3.05, 3.63) is 24.3 Å². The Hall–Kier alpha value is -1.27.